The summed E-state index contributed by atoms with van der Waals surface area (Å²) in [5, 5.41) is 28.3. The van der Waals surface area contributed by atoms with E-state index in [0.29, 0.717) is 16.4 Å². The lowest BCUT2D eigenvalue weighted by atomic mass is 10.0. The first-order chi connectivity index (χ1) is 10.1. The third-order valence-electron chi connectivity index (χ3n) is 3.68. The molecule has 3 rings (SSSR count). The number of fused-ring (bicyclic) bond motifs is 2. The highest BCUT2D eigenvalue weighted by atomic mass is 32.2. The zero-order valence-corrected chi connectivity index (χ0v) is 12.0. The van der Waals surface area contributed by atoms with E-state index in [-0.39, 0.29) is 0 Å². The summed E-state index contributed by atoms with van der Waals surface area (Å²) < 4.78 is 28.7. The first-order valence-corrected chi connectivity index (χ1v) is 7.66. The van der Waals surface area contributed by atoms with Gasteiger partial charge in [-0.25, -0.2) is 0 Å². The van der Waals surface area contributed by atoms with Crippen LogP contribution in [0.3, 0.4) is 0 Å². The monoisotopic (exact) mass is 316 g/mol. The molecule has 0 saturated carbocycles. The maximum absolute atomic E-state index is 12.6. The van der Waals surface area contributed by atoms with Crippen molar-refractivity contribution in [2.75, 3.05) is 13.7 Å². The Balaban J connectivity index is 1.98. The lowest BCUT2D eigenvalue weighted by Gasteiger charge is -2.43. The largest absolute Gasteiger partial charge is 0.497 e. The van der Waals surface area contributed by atoms with Crippen molar-refractivity contribution in [1.82, 2.24) is 0 Å². The van der Waals surface area contributed by atoms with Crippen molar-refractivity contribution in [3.63, 3.8) is 0 Å². The van der Waals surface area contributed by atoms with E-state index in [1.165, 1.54) is 7.11 Å². The molecule has 0 aliphatic carbocycles. The molecule has 116 valence electrons. The van der Waals surface area contributed by atoms with Crippen LogP contribution in [-0.2, 0) is 15.5 Å². The van der Waals surface area contributed by atoms with Crippen molar-refractivity contribution in [2.24, 2.45) is 0 Å². The molecular weight excluding hydrogens is 300 g/mol. The highest BCUT2D eigenvalue weighted by Gasteiger charge is 2.51. The van der Waals surface area contributed by atoms with E-state index in [4.69, 9.17) is 19.3 Å². The van der Waals surface area contributed by atoms with Crippen molar-refractivity contribution >= 4 is 10.8 Å². The van der Waals surface area contributed by atoms with Crippen molar-refractivity contribution in [3.8, 4) is 11.5 Å². The van der Waals surface area contributed by atoms with E-state index in [1.807, 2.05) is 0 Å². The van der Waals surface area contributed by atoms with E-state index < -0.39 is 47.3 Å². The van der Waals surface area contributed by atoms with Gasteiger partial charge in [0.25, 0.3) is 0 Å². The van der Waals surface area contributed by atoms with Crippen LogP contribution < -0.4 is 9.47 Å². The summed E-state index contributed by atoms with van der Waals surface area (Å²) >= 11 is 0. The van der Waals surface area contributed by atoms with Gasteiger partial charge in [0.1, 0.15) is 35.1 Å². The van der Waals surface area contributed by atoms with Crippen LogP contribution in [0.1, 0.15) is 0 Å². The molecule has 8 heteroatoms. The summed E-state index contributed by atoms with van der Waals surface area (Å²) in [6, 6.07) is 4.84. The normalized spacial score (nSPS) is 38.1. The van der Waals surface area contributed by atoms with Crippen LogP contribution in [0.4, 0.5) is 0 Å². The summed E-state index contributed by atoms with van der Waals surface area (Å²) in [4.78, 5) is 0.382. The smallest absolute Gasteiger partial charge is 0.217 e. The number of methoxy groups -OCH3 is 1. The molecule has 2 heterocycles. The fraction of sp³-hybridized carbons (Fsp3) is 0.538. The van der Waals surface area contributed by atoms with Gasteiger partial charge in [-0.1, -0.05) is 0 Å². The van der Waals surface area contributed by atoms with Crippen molar-refractivity contribution in [2.45, 2.75) is 34.7 Å². The minimum Gasteiger partial charge on any atom is -0.497 e. The third-order valence-corrected chi connectivity index (χ3v) is 5.43. The molecule has 2 aliphatic rings. The second-order valence-corrected chi connectivity index (χ2v) is 6.48. The molecule has 1 aromatic rings. The van der Waals surface area contributed by atoms with Crippen LogP contribution in [0.15, 0.2) is 23.1 Å². The molecule has 7 nitrogen and oxygen atoms in total. The summed E-state index contributed by atoms with van der Waals surface area (Å²) in [6.07, 6.45) is -4.60. The minimum absolute atomic E-state index is 0.371. The second kappa shape index (κ2) is 5.54. The predicted molar refractivity (Wildman–Crippen MR) is 71.6 cm³/mol. The van der Waals surface area contributed by atoms with Gasteiger partial charge in [-0.15, -0.1) is 0 Å². The SMILES string of the molecule is COc1ccc2c(c1)S(=O)[C@H]1[C@@H](O2)O[C@H](CO)[C@H](O)[C@@H]1O. The minimum atomic E-state index is -1.63. The summed E-state index contributed by atoms with van der Waals surface area (Å²) in [5.74, 6) is 0.889. The Kier molecular flexibility index (Phi) is 3.89. The van der Waals surface area contributed by atoms with E-state index in [1.54, 1.807) is 18.2 Å². The fourth-order valence-electron chi connectivity index (χ4n) is 2.52. The molecule has 21 heavy (non-hydrogen) atoms. The average molecular weight is 316 g/mol. The Morgan fingerprint density at radius 3 is 2.76 bits per heavy atom. The average Bonchev–Trinajstić information content (AvgIpc) is 2.50. The molecule has 3 N–H and O–H groups in total. The van der Waals surface area contributed by atoms with Crippen LogP contribution >= 0.6 is 0 Å². The Hall–Kier alpha value is -1.19. The summed E-state index contributed by atoms with van der Waals surface area (Å²) in [6.45, 7) is -0.465. The molecule has 6 atom stereocenters. The Morgan fingerprint density at radius 2 is 2.10 bits per heavy atom. The molecule has 0 spiro atoms. The first-order valence-electron chi connectivity index (χ1n) is 6.44. The molecule has 1 fully saturated rings. The number of rotatable bonds is 2. The number of hydrogen-bond donors (Lipinski definition) is 3. The molecule has 0 amide bonds. The van der Waals surface area contributed by atoms with Gasteiger partial charge >= 0.3 is 0 Å². The van der Waals surface area contributed by atoms with E-state index in [2.05, 4.69) is 0 Å². The van der Waals surface area contributed by atoms with Gasteiger partial charge in [0.05, 0.1) is 29.4 Å². The lowest BCUT2D eigenvalue weighted by Crippen LogP contribution is -2.62. The highest BCUT2D eigenvalue weighted by molar-refractivity contribution is 7.86. The third kappa shape index (κ3) is 2.33. The van der Waals surface area contributed by atoms with E-state index in [9.17, 15) is 14.4 Å². The van der Waals surface area contributed by atoms with E-state index in [0.717, 1.165) is 0 Å². The van der Waals surface area contributed by atoms with Gasteiger partial charge in [-0.3, -0.25) is 4.21 Å². The molecule has 1 aromatic carbocycles. The fourth-order valence-corrected chi connectivity index (χ4v) is 4.10. The second-order valence-electron chi connectivity index (χ2n) is 4.90. The van der Waals surface area contributed by atoms with Crippen LogP contribution in [0.2, 0.25) is 0 Å². The molecule has 0 aromatic heterocycles. The number of hydrogen-bond acceptors (Lipinski definition) is 7. The van der Waals surface area contributed by atoms with Crippen molar-refractivity contribution in [1.29, 1.82) is 0 Å². The molecule has 1 saturated heterocycles. The predicted octanol–water partition coefficient (Wildman–Crippen LogP) is -0.997. The summed E-state index contributed by atoms with van der Waals surface area (Å²) in [5.41, 5.74) is 0. The van der Waals surface area contributed by atoms with Crippen LogP contribution in [0.5, 0.6) is 11.5 Å². The maximum atomic E-state index is 12.6. The van der Waals surface area contributed by atoms with Crippen LogP contribution in [0, 0.1) is 0 Å². The van der Waals surface area contributed by atoms with Gasteiger partial charge in [0.15, 0.2) is 0 Å². The lowest BCUT2D eigenvalue weighted by molar-refractivity contribution is -0.228. The van der Waals surface area contributed by atoms with E-state index >= 15 is 0 Å². The quantitative estimate of drug-likeness (QED) is 0.643. The van der Waals surface area contributed by atoms with Gasteiger partial charge in [0, 0.05) is 6.07 Å². The molecule has 2 aliphatic heterocycles. The zero-order chi connectivity index (χ0) is 15.1. The Bertz CT molecular complexity index is 563. The van der Waals surface area contributed by atoms with Crippen molar-refractivity contribution in [3.05, 3.63) is 18.2 Å². The maximum Gasteiger partial charge on any atom is 0.217 e. The number of aliphatic hydroxyl groups excluding tert-OH is 3. The summed E-state index contributed by atoms with van der Waals surface area (Å²) in [7, 11) is -0.142. The first kappa shape index (κ1) is 14.7. The molecule has 0 bridgehead atoms. The topological polar surface area (TPSA) is 105 Å². The zero-order valence-electron chi connectivity index (χ0n) is 11.2. The van der Waals surface area contributed by atoms with Gasteiger partial charge in [-0.05, 0) is 12.1 Å². The number of ether oxygens (including phenoxy) is 3. The van der Waals surface area contributed by atoms with Gasteiger partial charge in [0.2, 0.25) is 6.29 Å². The van der Waals surface area contributed by atoms with Crippen LogP contribution in [-0.4, -0.2) is 63.1 Å². The standard InChI is InChI=1S/C13H16O7S/c1-18-6-2-3-7-9(4-6)21(17)12-11(16)10(15)8(5-14)20-13(12)19-7/h2-4,8,10-16H,5H2,1H3/t8-,10+,11+,12-,13+,21?/m1/s1. The molecule has 1 unspecified atom stereocenters. The van der Waals surface area contributed by atoms with Crippen LogP contribution in [0.25, 0.3) is 0 Å². The molecular formula is C13H16O7S. The number of aliphatic hydroxyl groups is 3. The Labute approximate surface area is 123 Å². The molecule has 0 radical (unpaired) electrons. The Morgan fingerprint density at radius 1 is 1.33 bits per heavy atom. The van der Waals surface area contributed by atoms with Gasteiger partial charge in [-0.2, -0.15) is 0 Å². The van der Waals surface area contributed by atoms with Crippen molar-refractivity contribution < 1.29 is 33.7 Å². The number of benzene rings is 1. The van der Waals surface area contributed by atoms with Gasteiger partial charge < -0.3 is 29.5 Å². The highest BCUT2D eigenvalue weighted by Crippen LogP contribution is 2.39.